The Morgan fingerprint density at radius 3 is 2.53 bits per heavy atom. The summed E-state index contributed by atoms with van der Waals surface area (Å²) < 4.78 is 11.4. The molecule has 6 nitrogen and oxygen atoms in total. The maximum Gasteiger partial charge on any atom is 0.312 e. The number of anilines is 2. The van der Waals surface area contributed by atoms with Gasteiger partial charge in [0.25, 0.3) is 0 Å². The first-order chi connectivity index (χ1) is 18.5. The molecular weight excluding hydrogens is 474 g/mol. The molecule has 1 fully saturated rings. The second-order valence-electron chi connectivity index (χ2n) is 10.1. The number of aryl methyl sites for hydroxylation is 1. The molecule has 2 heterocycles. The monoisotopic (exact) mass is 509 g/mol. The number of aromatic nitrogens is 1. The number of methoxy groups -OCH3 is 1. The Bertz CT molecular complexity index is 1380. The lowest BCUT2D eigenvalue weighted by Crippen LogP contribution is -2.47. The molecule has 0 atom stereocenters. The van der Waals surface area contributed by atoms with E-state index in [1.807, 2.05) is 67.6 Å². The molecule has 0 saturated carbocycles. The van der Waals surface area contributed by atoms with E-state index in [9.17, 15) is 4.79 Å². The number of fused-ring (bicyclic) bond motifs is 1. The Kier molecular flexibility index (Phi) is 7.89. The zero-order valence-corrected chi connectivity index (χ0v) is 22.2. The second-order valence-corrected chi connectivity index (χ2v) is 10.1. The topological polar surface area (TPSA) is 63.7 Å². The van der Waals surface area contributed by atoms with Gasteiger partial charge in [0.05, 0.1) is 18.0 Å². The van der Waals surface area contributed by atoms with Crippen molar-refractivity contribution in [3.8, 4) is 5.75 Å². The van der Waals surface area contributed by atoms with Gasteiger partial charge in [0, 0.05) is 35.1 Å². The molecule has 3 aromatic carbocycles. The normalized spacial score (nSPS) is 15.2. The molecule has 0 spiro atoms. The molecule has 0 bridgehead atoms. The lowest BCUT2D eigenvalue weighted by molar-refractivity contribution is -0.156. The van der Waals surface area contributed by atoms with Crippen LogP contribution in [0.5, 0.6) is 5.75 Å². The molecule has 1 saturated heterocycles. The fraction of sp³-hybridized carbons (Fsp3) is 0.312. The number of para-hydroxylation sites is 1. The van der Waals surface area contributed by atoms with E-state index in [1.165, 1.54) is 12.7 Å². The van der Waals surface area contributed by atoms with Gasteiger partial charge in [0.2, 0.25) is 0 Å². The molecule has 1 aliphatic rings. The lowest BCUT2D eigenvalue weighted by Gasteiger charge is -2.39. The van der Waals surface area contributed by atoms with E-state index < -0.39 is 5.41 Å². The number of pyridine rings is 1. The number of piperidine rings is 1. The van der Waals surface area contributed by atoms with Gasteiger partial charge in [-0.15, -0.1) is 0 Å². The number of nitrogens with one attached hydrogen (secondary N) is 1. The van der Waals surface area contributed by atoms with Gasteiger partial charge in [0.1, 0.15) is 12.4 Å². The minimum absolute atomic E-state index is 0.0984. The minimum Gasteiger partial charge on any atom is -0.492 e. The first-order valence-electron chi connectivity index (χ1n) is 13.3. The van der Waals surface area contributed by atoms with Crippen LogP contribution in [0.25, 0.3) is 10.9 Å². The molecule has 6 heteroatoms. The molecule has 1 aromatic heterocycles. The molecule has 5 rings (SSSR count). The summed E-state index contributed by atoms with van der Waals surface area (Å²) in [4.78, 5) is 19.8. The van der Waals surface area contributed by atoms with Crippen LogP contribution in [-0.2, 0) is 16.0 Å². The first kappa shape index (κ1) is 25.7. The molecule has 38 heavy (non-hydrogen) atoms. The molecular formula is C32H35N3O3. The number of carbonyl (C=O) groups is 1. The number of esters is 1. The van der Waals surface area contributed by atoms with Crippen LogP contribution in [-0.4, -0.2) is 49.2 Å². The smallest absolute Gasteiger partial charge is 0.312 e. The van der Waals surface area contributed by atoms with E-state index in [1.54, 1.807) is 0 Å². The zero-order valence-electron chi connectivity index (χ0n) is 22.2. The van der Waals surface area contributed by atoms with Gasteiger partial charge in [0.15, 0.2) is 0 Å². The predicted molar refractivity (Wildman–Crippen MR) is 152 cm³/mol. The molecule has 196 valence electrons. The van der Waals surface area contributed by atoms with E-state index in [-0.39, 0.29) is 5.97 Å². The fourth-order valence-corrected chi connectivity index (χ4v) is 5.38. The van der Waals surface area contributed by atoms with Gasteiger partial charge in [-0.1, -0.05) is 54.6 Å². The van der Waals surface area contributed by atoms with Crippen LogP contribution >= 0.6 is 0 Å². The summed E-state index contributed by atoms with van der Waals surface area (Å²) in [5, 5.41) is 4.63. The van der Waals surface area contributed by atoms with Gasteiger partial charge in [-0.05, 0) is 69.1 Å². The van der Waals surface area contributed by atoms with Crippen molar-refractivity contribution in [2.75, 3.05) is 38.7 Å². The van der Waals surface area contributed by atoms with Gasteiger partial charge in [-0.25, -0.2) is 0 Å². The number of benzene rings is 3. The van der Waals surface area contributed by atoms with Crippen molar-refractivity contribution in [3.05, 3.63) is 96.2 Å². The highest BCUT2D eigenvalue weighted by Gasteiger charge is 2.42. The Hall–Kier alpha value is -3.90. The zero-order chi connectivity index (χ0) is 26.4. The molecule has 1 aliphatic heterocycles. The van der Waals surface area contributed by atoms with Crippen LogP contribution in [0.2, 0.25) is 0 Å². The first-order valence-corrected chi connectivity index (χ1v) is 13.3. The van der Waals surface area contributed by atoms with Gasteiger partial charge in [-0.3, -0.25) is 14.7 Å². The van der Waals surface area contributed by atoms with E-state index in [4.69, 9.17) is 9.47 Å². The van der Waals surface area contributed by atoms with Gasteiger partial charge < -0.3 is 14.8 Å². The third-order valence-electron chi connectivity index (χ3n) is 7.45. The van der Waals surface area contributed by atoms with E-state index in [0.29, 0.717) is 6.61 Å². The number of likely N-dealkylation sites (tertiary alicyclic amines) is 1. The molecule has 4 aromatic rings. The van der Waals surface area contributed by atoms with Crippen molar-refractivity contribution in [1.29, 1.82) is 0 Å². The number of rotatable bonds is 9. The number of hydrogen-bond acceptors (Lipinski definition) is 6. The molecule has 0 aliphatic carbocycles. The number of carbonyl (C=O) groups excluding carboxylic acids is 1. The van der Waals surface area contributed by atoms with Crippen molar-refractivity contribution in [2.24, 2.45) is 5.41 Å². The maximum absolute atomic E-state index is 12.8. The number of ether oxygens (including phenoxy) is 2. The molecule has 0 radical (unpaired) electrons. The molecule has 1 N–H and O–H groups in total. The van der Waals surface area contributed by atoms with Crippen molar-refractivity contribution in [2.45, 2.75) is 26.2 Å². The van der Waals surface area contributed by atoms with E-state index in [0.717, 1.165) is 72.6 Å². The minimum atomic E-state index is -0.455. The van der Waals surface area contributed by atoms with Crippen molar-refractivity contribution < 1.29 is 14.3 Å². The summed E-state index contributed by atoms with van der Waals surface area (Å²) >= 11 is 0. The quantitative estimate of drug-likeness (QED) is 0.273. The van der Waals surface area contributed by atoms with Gasteiger partial charge >= 0.3 is 5.97 Å². The summed E-state index contributed by atoms with van der Waals surface area (Å²) in [5.74, 6) is 0.730. The van der Waals surface area contributed by atoms with Crippen LogP contribution in [0, 0.1) is 12.3 Å². The highest BCUT2D eigenvalue weighted by molar-refractivity contribution is 5.93. The summed E-state index contributed by atoms with van der Waals surface area (Å²) in [7, 11) is 1.50. The second kappa shape index (κ2) is 11.7. The molecule has 0 amide bonds. The van der Waals surface area contributed by atoms with Crippen molar-refractivity contribution >= 4 is 28.2 Å². The van der Waals surface area contributed by atoms with Crippen molar-refractivity contribution in [1.82, 2.24) is 9.88 Å². The summed E-state index contributed by atoms with van der Waals surface area (Å²) in [6, 6.07) is 28.5. The third-order valence-corrected chi connectivity index (χ3v) is 7.45. The van der Waals surface area contributed by atoms with E-state index in [2.05, 4.69) is 39.5 Å². The largest absolute Gasteiger partial charge is 0.492 e. The average Bonchev–Trinajstić information content (AvgIpc) is 2.94. The number of hydrogen-bond donors (Lipinski definition) is 1. The highest BCUT2D eigenvalue weighted by atomic mass is 16.5. The predicted octanol–water partition coefficient (Wildman–Crippen LogP) is 6.16. The highest BCUT2D eigenvalue weighted by Crippen LogP contribution is 2.36. The Balaban J connectivity index is 1.16. The Labute approximate surface area is 224 Å². The lowest BCUT2D eigenvalue weighted by atomic mass is 9.73. The van der Waals surface area contributed by atoms with Crippen LogP contribution < -0.4 is 10.1 Å². The standard InChI is InChI=1S/C32H35N3O3/c1-24-21-30(28-13-6-7-14-29(28)33-24)34-26-11-8-12-27(22-26)38-20-19-35-17-15-32(16-18-35,31(36)37-2)23-25-9-4-3-5-10-25/h3-14,21-22H,15-20,23H2,1-2H3,(H,33,34). The van der Waals surface area contributed by atoms with Crippen molar-refractivity contribution in [3.63, 3.8) is 0 Å². The third kappa shape index (κ3) is 5.97. The van der Waals surface area contributed by atoms with E-state index >= 15 is 0 Å². The van der Waals surface area contributed by atoms with Crippen LogP contribution in [0.1, 0.15) is 24.1 Å². The average molecular weight is 510 g/mol. The van der Waals surface area contributed by atoms with Gasteiger partial charge in [-0.2, -0.15) is 0 Å². The van der Waals surface area contributed by atoms with Crippen LogP contribution in [0.3, 0.4) is 0 Å². The van der Waals surface area contributed by atoms with Crippen LogP contribution in [0.15, 0.2) is 84.9 Å². The maximum atomic E-state index is 12.8. The number of nitrogens with zero attached hydrogens (tertiary/aromatic N) is 2. The molecule has 0 unspecified atom stereocenters. The summed E-state index contributed by atoms with van der Waals surface area (Å²) in [6.07, 6.45) is 2.29. The van der Waals surface area contributed by atoms with Crippen LogP contribution in [0.4, 0.5) is 11.4 Å². The Morgan fingerprint density at radius 1 is 0.974 bits per heavy atom. The summed E-state index contributed by atoms with van der Waals surface area (Å²) in [6.45, 7) is 5.11. The SMILES string of the molecule is COC(=O)C1(Cc2ccccc2)CCN(CCOc2cccc(Nc3cc(C)nc4ccccc34)c2)CC1. The summed E-state index contributed by atoms with van der Waals surface area (Å²) in [5.41, 5.74) is 4.67. The fourth-order valence-electron chi connectivity index (χ4n) is 5.38. The Morgan fingerprint density at radius 2 is 1.74 bits per heavy atom.